The average Bonchev–Trinajstić information content (AvgIpc) is 2.97. The number of rotatable bonds is 7. The van der Waals surface area contributed by atoms with E-state index >= 15 is 0 Å². The number of nitrogens with zero attached hydrogens (tertiary/aromatic N) is 3. The van der Waals surface area contributed by atoms with E-state index in [0.29, 0.717) is 5.56 Å². The number of aliphatic imine (C=N–C) groups is 1. The number of benzene rings is 1. The maximum atomic E-state index is 12.1. The molecule has 7 heteroatoms. The van der Waals surface area contributed by atoms with Gasteiger partial charge in [-0.25, -0.2) is 4.98 Å². The molecule has 6 nitrogen and oxygen atoms in total. The number of nitrogens with one attached hydrogen (secondary N) is 2. The normalized spacial score (nSPS) is 11.4. The predicted molar refractivity (Wildman–Crippen MR) is 113 cm³/mol. The first kappa shape index (κ1) is 20.9. The second-order valence-corrected chi connectivity index (χ2v) is 7.86. The molecule has 2 rings (SSSR count). The highest BCUT2D eigenvalue weighted by Gasteiger charge is 2.08. The smallest absolute Gasteiger partial charge is 0.253 e. The van der Waals surface area contributed by atoms with Crippen LogP contribution < -0.4 is 10.6 Å². The van der Waals surface area contributed by atoms with Gasteiger partial charge in [0.1, 0.15) is 0 Å². The van der Waals surface area contributed by atoms with Crippen molar-refractivity contribution in [1.29, 1.82) is 0 Å². The summed E-state index contributed by atoms with van der Waals surface area (Å²) in [5, 5.41) is 7.79. The molecule has 0 fully saturated rings. The standard InChI is InChI=1S/C20H29N5OS/c1-14-15(2)27-18(24-14)10-12-23-20(21-3)22-11-9-16-7-6-8-17(13-16)19(26)25(4)5/h6-8,13H,9-12H2,1-5H3,(H2,21,22,23). The molecule has 0 aliphatic rings. The Balaban J connectivity index is 1.77. The fourth-order valence-corrected chi connectivity index (χ4v) is 3.53. The average molecular weight is 388 g/mol. The number of carbonyl (C=O) groups is 1. The molecule has 0 spiro atoms. The summed E-state index contributed by atoms with van der Waals surface area (Å²) in [6, 6.07) is 7.77. The monoisotopic (exact) mass is 387 g/mol. The number of carbonyl (C=O) groups excluding carboxylic acids is 1. The summed E-state index contributed by atoms with van der Waals surface area (Å²) in [5.74, 6) is 0.801. The van der Waals surface area contributed by atoms with Crippen molar-refractivity contribution in [3.63, 3.8) is 0 Å². The van der Waals surface area contributed by atoms with E-state index in [1.54, 1.807) is 37.4 Å². The molecule has 1 aromatic heterocycles. The van der Waals surface area contributed by atoms with Gasteiger partial charge in [-0.05, 0) is 38.0 Å². The molecule has 1 amide bonds. The van der Waals surface area contributed by atoms with Gasteiger partial charge in [-0.1, -0.05) is 12.1 Å². The topological polar surface area (TPSA) is 69.6 Å². The van der Waals surface area contributed by atoms with Gasteiger partial charge in [0.05, 0.1) is 10.7 Å². The summed E-state index contributed by atoms with van der Waals surface area (Å²) >= 11 is 1.75. The molecule has 0 unspecified atom stereocenters. The van der Waals surface area contributed by atoms with E-state index in [4.69, 9.17) is 0 Å². The van der Waals surface area contributed by atoms with Gasteiger partial charge < -0.3 is 15.5 Å². The van der Waals surface area contributed by atoms with Crippen LogP contribution in [-0.4, -0.2) is 56.0 Å². The van der Waals surface area contributed by atoms with Gasteiger partial charge in [-0.15, -0.1) is 11.3 Å². The molecule has 0 aliphatic heterocycles. The van der Waals surface area contributed by atoms with Crippen LogP contribution in [-0.2, 0) is 12.8 Å². The summed E-state index contributed by atoms with van der Waals surface area (Å²) in [4.78, 5) is 23.7. The summed E-state index contributed by atoms with van der Waals surface area (Å²) in [6.45, 7) is 5.68. The lowest BCUT2D eigenvalue weighted by atomic mass is 10.1. The second-order valence-electron chi connectivity index (χ2n) is 6.57. The lowest BCUT2D eigenvalue weighted by Gasteiger charge is -2.13. The zero-order valence-electron chi connectivity index (χ0n) is 16.8. The quantitative estimate of drug-likeness (QED) is 0.565. The van der Waals surface area contributed by atoms with Gasteiger partial charge in [0.2, 0.25) is 0 Å². The van der Waals surface area contributed by atoms with Crippen LogP contribution in [0.25, 0.3) is 0 Å². The SMILES string of the molecule is CN=C(NCCc1cccc(C(=O)N(C)C)c1)NCCc1nc(C)c(C)s1. The van der Waals surface area contributed by atoms with Crippen molar-refractivity contribution in [2.45, 2.75) is 26.7 Å². The molecule has 1 heterocycles. The summed E-state index contributed by atoms with van der Waals surface area (Å²) < 4.78 is 0. The van der Waals surface area contributed by atoms with Gasteiger partial charge in [0.15, 0.2) is 5.96 Å². The largest absolute Gasteiger partial charge is 0.356 e. The van der Waals surface area contributed by atoms with E-state index in [0.717, 1.165) is 48.2 Å². The number of hydrogen-bond donors (Lipinski definition) is 2. The molecule has 0 saturated carbocycles. The van der Waals surface area contributed by atoms with Crippen molar-refractivity contribution in [2.24, 2.45) is 4.99 Å². The first-order valence-corrected chi connectivity index (χ1v) is 9.90. The third-order valence-electron chi connectivity index (χ3n) is 4.21. The lowest BCUT2D eigenvalue weighted by Crippen LogP contribution is -2.39. The molecule has 27 heavy (non-hydrogen) atoms. The number of hydrogen-bond acceptors (Lipinski definition) is 4. The van der Waals surface area contributed by atoms with Gasteiger partial charge in [-0.3, -0.25) is 9.79 Å². The van der Waals surface area contributed by atoms with E-state index in [2.05, 4.69) is 27.5 Å². The highest BCUT2D eigenvalue weighted by molar-refractivity contribution is 7.11. The predicted octanol–water partition coefficient (Wildman–Crippen LogP) is 2.41. The van der Waals surface area contributed by atoms with Gasteiger partial charge in [0, 0.05) is 51.1 Å². The van der Waals surface area contributed by atoms with E-state index in [9.17, 15) is 4.79 Å². The molecule has 0 atom stereocenters. The van der Waals surface area contributed by atoms with Crippen LogP contribution in [0.15, 0.2) is 29.3 Å². The molecule has 2 N–H and O–H groups in total. The summed E-state index contributed by atoms with van der Waals surface area (Å²) in [7, 11) is 5.30. The Labute approximate surface area is 165 Å². The van der Waals surface area contributed by atoms with Crippen LogP contribution in [0.3, 0.4) is 0 Å². The fraction of sp³-hybridized carbons (Fsp3) is 0.450. The number of aryl methyl sites for hydroxylation is 2. The highest BCUT2D eigenvalue weighted by Crippen LogP contribution is 2.16. The zero-order valence-corrected chi connectivity index (χ0v) is 17.6. The van der Waals surface area contributed by atoms with Crippen molar-refractivity contribution < 1.29 is 4.79 Å². The van der Waals surface area contributed by atoms with Gasteiger partial charge in [-0.2, -0.15) is 0 Å². The summed E-state index contributed by atoms with van der Waals surface area (Å²) in [5.41, 5.74) is 2.96. The Morgan fingerprint density at radius 3 is 2.48 bits per heavy atom. The Kier molecular flexibility index (Phi) is 7.79. The Bertz CT molecular complexity index is 778. The van der Waals surface area contributed by atoms with Crippen molar-refractivity contribution >= 4 is 23.2 Å². The maximum absolute atomic E-state index is 12.1. The molecule has 0 aliphatic carbocycles. The minimum Gasteiger partial charge on any atom is -0.356 e. The van der Waals surface area contributed by atoms with Crippen molar-refractivity contribution in [2.75, 3.05) is 34.2 Å². The van der Waals surface area contributed by atoms with Crippen LogP contribution >= 0.6 is 11.3 Å². The molecule has 1 aromatic carbocycles. The molecule has 146 valence electrons. The van der Waals surface area contributed by atoms with Gasteiger partial charge >= 0.3 is 0 Å². The van der Waals surface area contributed by atoms with Gasteiger partial charge in [0.25, 0.3) is 5.91 Å². The third kappa shape index (κ3) is 6.36. The van der Waals surface area contributed by atoms with E-state index < -0.39 is 0 Å². The number of guanidine groups is 1. The molecular weight excluding hydrogens is 358 g/mol. The van der Waals surface area contributed by atoms with Crippen LogP contribution in [0, 0.1) is 13.8 Å². The first-order valence-electron chi connectivity index (χ1n) is 9.08. The van der Waals surface area contributed by atoms with Crippen LogP contribution in [0.1, 0.15) is 31.5 Å². The van der Waals surface area contributed by atoms with E-state index in [1.807, 2.05) is 31.2 Å². The van der Waals surface area contributed by atoms with E-state index in [-0.39, 0.29) is 5.91 Å². The van der Waals surface area contributed by atoms with Crippen LogP contribution in [0.5, 0.6) is 0 Å². The van der Waals surface area contributed by atoms with Crippen molar-refractivity contribution in [3.8, 4) is 0 Å². The van der Waals surface area contributed by atoms with Crippen molar-refractivity contribution in [3.05, 3.63) is 51.0 Å². The Morgan fingerprint density at radius 2 is 1.89 bits per heavy atom. The van der Waals surface area contributed by atoms with Crippen LogP contribution in [0.2, 0.25) is 0 Å². The van der Waals surface area contributed by atoms with E-state index in [1.165, 1.54) is 4.88 Å². The zero-order chi connectivity index (χ0) is 19.8. The molecular formula is C20H29N5OS. The maximum Gasteiger partial charge on any atom is 0.253 e. The number of thiazole rings is 1. The molecule has 0 bridgehead atoms. The second kappa shape index (κ2) is 10.1. The summed E-state index contributed by atoms with van der Waals surface area (Å²) in [6.07, 6.45) is 1.70. The van der Waals surface area contributed by atoms with Crippen molar-refractivity contribution in [1.82, 2.24) is 20.5 Å². The Hall–Kier alpha value is -2.41. The molecule has 0 saturated heterocycles. The number of amides is 1. The fourth-order valence-electron chi connectivity index (χ4n) is 2.60. The molecule has 2 aromatic rings. The third-order valence-corrected chi connectivity index (χ3v) is 5.35. The first-order chi connectivity index (χ1) is 12.9. The lowest BCUT2D eigenvalue weighted by molar-refractivity contribution is 0.0827. The number of aromatic nitrogens is 1. The Morgan fingerprint density at radius 1 is 1.19 bits per heavy atom. The minimum atomic E-state index is 0.0231. The minimum absolute atomic E-state index is 0.0231. The highest BCUT2D eigenvalue weighted by atomic mass is 32.1. The molecule has 0 radical (unpaired) electrons. The van der Waals surface area contributed by atoms with Crippen LogP contribution in [0.4, 0.5) is 0 Å².